The number of aromatic nitrogens is 3. The van der Waals surface area contributed by atoms with Crippen LogP contribution in [0.3, 0.4) is 0 Å². The second kappa shape index (κ2) is 6.31. The molecule has 0 bridgehead atoms. The Morgan fingerprint density at radius 2 is 2.00 bits per heavy atom. The van der Waals surface area contributed by atoms with Gasteiger partial charge in [0.05, 0.1) is 17.5 Å². The predicted molar refractivity (Wildman–Crippen MR) is 83.0 cm³/mol. The molecule has 0 aliphatic heterocycles. The Labute approximate surface area is 132 Å². The summed E-state index contributed by atoms with van der Waals surface area (Å²) in [6.45, 7) is 0. The number of halogens is 1. The number of primary amides is 1. The molecule has 0 atom stereocenters. The second-order valence-corrected chi connectivity index (χ2v) is 5.02. The molecule has 2 aromatic heterocycles. The van der Waals surface area contributed by atoms with Crippen LogP contribution in [0.5, 0.6) is 0 Å². The molecule has 1 amide bonds. The van der Waals surface area contributed by atoms with Crippen molar-refractivity contribution in [2.24, 2.45) is 5.73 Å². The fourth-order valence-electron chi connectivity index (χ4n) is 2.27. The van der Waals surface area contributed by atoms with Crippen LogP contribution >= 0.6 is 0 Å². The fraction of sp³-hybridized carbons (Fsp3) is 0.0588. The van der Waals surface area contributed by atoms with Gasteiger partial charge in [-0.05, 0) is 41.8 Å². The molecule has 3 aromatic rings. The van der Waals surface area contributed by atoms with Crippen LogP contribution in [-0.2, 0) is 6.42 Å². The lowest BCUT2D eigenvalue weighted by Gasteiger charge is -2.06. The number of rotatable bonds is 4. The number of amides is 1. The molecule has 0 saturated carbocycles. The molecule has 114 valence electrons. The van der Waals surface area contributed by atoms with E-state index in [2.05, 4.69) is 15.2 Å². The van der Waals surface area contributed by atoms with Crippen molar-refractivity contribution in [2.75, 3.05) is 0 Å². The largest absolute Gasteiger partial charge is 0.366 e. The SMILES string of the molecule is NC(=O)c1ccnnc1-c1ccc(Cc2cccc(F)c2)cn1. The Kier molecular flexibility index (Phi) is 4.05. The van der Waals surface area contributed by atoms with Gasteiger partial charge in [-0.1, -0.05) is 18.2 Å². The van der Waals surface area contributed by atoms with Crippen molar-refractivity contribution in [2.45, 2.75) is 6.42 Å². The first-order valence-electron chi connectivity index (χ1n) is 6.95. The molecule has 2 N–H and O–H groups in total. The van der Waals surface area contributed by atoms with E-state index in [0.29, 0.717) is 17.8 Å². The lowest BCUT2D eigenvalue weighted by molar-refractivity contribution is 0.100. The summed E-state index contributed by atoms with van der Waals surface area (Å²) in [4.78, 5) is 15.7. The Morgan fingerprint density at radius 3 is 2.70 bits per heavy atom. The zero-order valence-corrected chi connectivity index (χ0v) is 12.1. The number of nitrogens with zero attached hydrogens (tertiary/aromatic N) is 3. The maximum Gasteiger partial charge on any atom is 0.251 e. The van der Waals surface area contributed by atoms with E-state index in [9.17, 15) is 9.18 Å². The van der Waals surface area contributed by atoms with Crippen molar-refractivity contribution in [3.05, 3.63) is 77.4 Å². The van der Waals surface area contributed by atoms with Crippen molar-refractivity contribution < 1.29 is 9.18 Å². The molecule has 0 radical (unpaired) electrons. The quantitative estimate of drug-likeness (QED) is 0.802. The van der Waals surface area contributed by atoms with Gasteiger partial charge in [0.15, 0.2) is 0 Å². The number of pyridine rings is 1. The topological polar surface area (TPSA) is 81.8 Å². The van der Waals surface area contributed by atoms with Gasteiger partial charge < -0.3 is 5.73 Å². The van der Waals surface area contributed by atoms with Gasteiger partial charge in [0.1, 0.15) is 11.5 Å². The van der Waals surface area contributed by atoms with Gasteiger partial charge in [0.2, 0.25) is 0 Å². The first kappa shape index (κ1) is 14.8. The van der Waals surface area contributed by atoms with E-state index in [1.807, 2.05) is 12.1 Å². The third-order valence-electron chi connectivity index (χ3n) is 3.35. The standard InChI is InChI=1S/C17H13FN4O/c18-13-3-1-2-11(9-13)8-12-4-5-15(20-10-12)16-14(17(19)23)6-7-21-22-16/h1-7,9-10H,8H2,(H2,19,23). The molecule has 3 rings (SSSR count). The number of carbonyl (C=O) groups is 1. The maximum absolute atomic E-state index is 13.2. The monoisotopic (exact) mass is 308 g/mol. The molecular weight excluding hydrogens is 295 g/mol. The van der Waals surface area contributed by atoms with Crippen LogP contribution in [0.2, 0.25) is 0 Å². The minimum absolute atomic E-state index is 0.266. The van der Waals surface area contributed by atoms with Gasteiger partial charge >= 0.3 is 0 Å². The van der Waals surface area contributed by atoms with Crippen molar-refractivity contribution in [3.63, 3.8) is 0 Å². The van der Waals surface area contributed by atoms with E-state index in [1.165, 1.54) is 24.4 Å². The zero-order chi connectivity index (χ0) is 16.2. The second-order valence-electron chi connectivity index (χ2n) is 5.02. The molecule has 6 heteroatoms. The molecule has 23 heavy (non-hydrogen) atoms. The van der Waals surface area contributed by atoms with E-state index in [-0.39, 0.29) is 11.4 Å². The highest BCUT2D eigenvalue weighted by Crippen LogP contribution is 2.19. The van der Waals surface area contributed by atoms with Crippen LogP contribution in [0.4, 0.5) is 4.39 Å². The fourth-order valence-corrected chi connectivity index (χ4v) is 2.27. The molecule has 5 nitrogen and oxygen atoms in total. The minimum atomic E-state index is -0.583. The highest BCUT2D eigenvalue weighted by Gasteiger charge is 2.12. The molecule has 0 saturated heterocycles. The number of nitrogens with two attached hydrogens (primary N) is 1. The predicted octanol–water partition coefficient (Wildman–Crippen LogP) is 2.37. The van der Waals surface area contributed by atoms with Crippen molar-refractivity contribution >= 4 is 5.91 Å². The summed E-state index contributed by atoms with van der Waals surface area (Å²) >= 11 is 0. The van der Waals surface area contributed by atoms with Crippen molar-refractivity contribution in [3.8, 4) is 11.4 Å². The van der Waals surface area contributed by atoms with Crippen molar-refractivity contribution in [1.82, 2.24) is 15.2 Å². The lowest BCUT2D eigenvalue weighted by atomic mass is 10.1. The molecular formula is C17H13FN4O. The smallest absolute Gasteiger partial charge is 0.251 e. The number of carbonyl (C=O) groups excluding carboxylic acids is 1. The summed E-state index contributed by atoms with van der Waals surface area (Å²) in [5.41, 5.74) is 8.23. The molecule has 0 unspecified atom stereocenters. The van der Waals surface area contributed by atoms with Gasteiger partial charge in [0.25, 0.3) is 5.91 Å². The van der Waals surface area contributed by atoms with Crippen LogP contribution in [0.25, 0.3) is 11.4 Å². The lowest BCUT2D eigenvalue weighted by Crippen LogP contribution is -2.13. The maximum atomic E-state index is 13.2. The van der Waals surface area contributed by atoms with Gasteiger partial charge in [-0.2, -0.15) is 5.10 Å². The number of hydrogen-bond donors (Lipinski definition) is 1. The van der Waals surface area contributed by atoms with E-state index in [1.54, 1.807) is 18.3 Å². The van der Waals surface area contributed by atoms with Gasteiger partial charge in [0, 0.05) is 6.20 Å². The summed E-state index contributed by atoms with van der Waals surface area (Å²) in [7, 11) is 0. The summed E-state index contributed by atoms with van der Waals surface area (Å²) < 4.78 is 13.2. The number of benzene rings is 1. The van der Waals surface area contributed by atoms with Crippen molar-refractivity contribution in [1.29, 1.82) is 0 Å². The third-order valence-corrected chi connectivity index (χ3v) is 3.35. The van der Waals surface area contributed by atoms with Gasteiger partial charge in [-0.3, -0.25) is 9.78 Å². The van der Waals surface area contributed by atoms with Crippen LogP contribution in [0.1, 0.15) is 21.5 Å². The molecule has 0 aliphatic rings. The number of hydrogen-bond acceptors (Lipinski definition) is 4. The van der Waals surface area contributed by atoms with Gasteiger partial charge in [-0.25, -0.2) is 4.39 Å². The Bertz CT molecular complexity index is 849. The highest BCUT2D eigenvalue weighted by molar-refractivity contribution is 5.98. The van der Waals surface area contributed by atoms with E-state index >= 15 is 0 Å². The normalized spacial score (nSPS) is 10.5. The Morgan fingerprint density at radius 1 is 1.13 bits per heavy atom. The average Bonchev–Trinajstić information content (AvgIpc) is 2.55. The molecule has 0 aliphatic carbocycles. The summed E-state index contributed by atoms with van der Waals surface area (Å²) in [6, 6.07) is 11.5. The summed E-state index contributed by atoms with van der Waals surface area (Å²) in [6.07, 6.45) is 3.63. The van der Waals surface area contributed by atoms with Crippen LogP contribution in [0.15, 0.2) is 54.9 Å². The van der Waals surface area contributed by atoms with E-state index < -0.39 is 5.91 Å². The zero-order valence-electron chi connectivity index (χ0n) is 12.1. The first-order valence-corrected chi connectivity index (χ1v) is 6.95. The average molecular weight is 308 g/mol. The van der Waals surface area contributed by atoms with Crippen LogP contribution in [-0.4, -0.2) is 21.1 Å². The van der Waals surface area contributed by atoms with Gasteiger partial charge in [-0.15, -0.1) is 5.10 Å². The van der Waals surface area contributed by atoms with E-state index in [0.717, 1.165) is 11.1 Å². The Balaban J connectivity index is 1.87. The van der Waals surface area contributed by atoms with E-state index in [4.69, 9.17) is 5.73 Å². The molecule has 0 fully saturated rings. The Hall–Kier alpha value is -3.15. The van der Waals surface area contributed by atoms with Crippen LogP contribution in [0, 0.1) is 5.82 Å². The molecule has 1 aromatic carbocycles. The molecule has 2 heterocycles. The first-order chi connectivity index (χ1) is 11.1. The highest BCUT2D eigenvalue weighted by atomic mass is 19.1. The van der Waals surface area contributed by atoms with Crippen LogP contribution < -0.4 is 5.73 Å². The summed E-state index contributed by atoms with van der Waals surface area (Å²) in [5, 5.41) is 7.70. The molecule has 0 spiro atoms. The third kappa shape index (κ3) is 3.37. The minimum Gasteiger partial charge on any atom is -0.366 e. The summed E-state index contributed by atoms with van der Waals surface area (Å²) in [5.74, 6) is -0.849.